The Hall–Kier alpha value is -0.530. The molecule has 6 N–H and O–H groups in total. The van der Waals surface area contributed by atoms with E-state index in [4.69, 9.17) is 26.2 Å². The van der Waals surface area contributed by atoms with E-state index in [-0.39, 0.29) is 19.3 Å². The summed E-state index contributed by atoms with van der Waals surface area (Å²) in [5.74, 6) is 0. The molecule has 0 bridgehead atoms. The van der Waals surface area contributed by atoms with Crippen LogP contribution >= 0.6 is 0 Å². The van der Waals surface area contributed by atoms with Crippen molar-refractivity contribution in [2.45, 2.75) is 24.4 Å². The second-order valence-corrected chi connectivity index (χ2v) is 2.53. The van der Waals surface area contributed by atoms with Crippen molar-refractivity contribution >= 4 is 6.29 Å². The van der Waals surface area contributed by atoms with Crippen LogP contribution in [0, 0.1) is 0 Å². The molecular formula is C6H13NO5. The molecule has 0 aromatic carbocycles. The van der Waals surface area contributed by atoms with Crippen molar-refractivity contribution in [2.24, 2.45) is 5.73 Å². The summed E-state index contributed by atoms with van der Waals surface area (Å²) < 4.78 is 0. The zero-order chi connectivity index (χ0) is 9.78. The first-order chi connectivity index (χ1) is 5.45. The number of hydrogen-bond donors (Lipinski definition) is 5. The molecule has 6 nitrogen and oxygen atoms in total. The molecule has 3 atom stereocenters. The quantitative estimate of drug-likeness (QED) is 0.225. The van der Waals surface area contributed by atoms with Crippen LogP contribution in [0.1, 0.15) is 6.42 Å². The molecule has 0 rings (SSSR count). The van der Waals surface area contributed by atoms with Crippen LogP contribution in [0.4, 0.5) is 0 Å². The molecule has 0 aliphatic carbocycles. The van der Waals surface area contributed by atoms with E-state index in [0.717, 1.165) is 0 Å². The third-order valence-corrected chi connectivity index (χ3v) is 1.45. The summed E-state index contributed by atoms with van der Waals surface area (Å²) in [4.78, 5) is 10.1. The Morgan fingerprint density at radius 3 is 2.33 bits per heavy atom. The van der Waals surface area contributed by atoms with Crippen LogP contribution in [0.3, 0.4) is 0 Å². The van der Waals surface area contributed by atoms with Gasteiger partial charge in [-0.2, -0.15) is 0 Å². The lowest BCUT2D eigenvalue weighted by molar-refractivity contribution is -0.149. The molecule has 0 unspecified atom stereocenters. The van der Waals surface area contributed by atoms with Crippen LogP contribution in [-0.2, 0) is 4.79 Å². The van der Waals surface area contributed by atoms with Crippen molar-refractivity contribution in [3.8, 4) is 0 Å². The Kier molecular flexibility index (Phi) is 4.29. The molecule has 6 heteroatoms. The Labute approximate surface area is 69.2 Å². The number of aldehydes is 1. The van der Waals surface area contributed by atoms with E-state index in [1.165, 1.54) is 0 Å². The first-order valence-corrected chi connectivity index (χ1v) is 3.40. The third-order valence-electron chi connectivity index (χ3n) is 1.45. The minimum atomic E-state index is -2.46. The highest BCUT2D eigenvalue weighted by molar-refractivity contribution is 5.62. The summed E-state index contributed by atoms with van der Waals surface area (Å²) in [7, 11) is 0. The monoisotopic (exact) mass is 179 g/mol. The summed E-state index contributed by atoms with van der Waals surface area (Å²) in [6.07, 6.45) is -3.44. The highest BCUT2D eigenvalue weighted by Crippen LogP contribution is 2.07. The summed E-state index contributed by atoms with van der Waals surface area (Å²) in [5.41, 5.74) is 2.42. The normalized spacial score (nSPS) is 21.1. The highest BCUT2D eigenvalue weighted by atomic mass is 16.4. The van der Waals surface area contributed by atoms with Crippen molar-refractivity contribution in [2.75, 3.05) is 6.61 Å². The van der Waals surface area contributed by atoms with Gasteiger partial charge in [0, 0.05) is 6.61 Å². The predicted octanol–water partition coefficient (Wildman–Crippen LogP) is -3.06. The minimum absolute atomic E-state index is 0.0712. The molecule has 0 amide bonds. The molecule has 0 radical (unpaired) electrons. The number of nitrogens with two attached hydrogens (primary N) is 1. The summed E-state index contributed by atoms with van der Waals surface area (Å²) >= 11 is 0. The average Bonchev–Trinajstić information content (AvgIpc) is 2.03. The maximum Gasteiger partial charge on any atom is 0.199 e. The van der Waals surface area contributed by atoms with Gasteiger partial charge in [0.1, 0.15) is 6.10 Å². The third kappa shape index (κ3) is 2.84. The van der Waals surface area contributed by atoms with Crippen LogP contribution in [0.5, 0.6) is 0 Å². The maximum absolute atomic E-state index is 10.1. The first-order valence-electron chi connectivity index (χ1n) is 3.40. The van der Waals surface area contributed by atoms with Crippen LogP contribution < -0.4 is 5.73 Å². The molecule has 0 fully saturated rings. The van der Waals surface area contributed by atoms with Gasteiger partial charge in [0.2, 0.25) is 0 Å². The molecule has 0 aromatic heterocycles. The second kappa shape index (κ2) is 4.48. The van der Waals surface area contributed by atoms with Gasteiger partial charge in [-0.15, -0.1) is 0 Å². The number of aliphatic hydroxyl groups excluding tert-OH is 3. The van der Waals surface area contributed by atoms with E-state index in [1.54, 1.807) is 0 Å². The van der Waals surface area contributed by atoms with Crippen LogP contribution in [0.25, 0.3) is 0 Å². The highest BCUT2D eigenvalue weighted by Gasteiger charge is 2.35. The van der Waals surface area contributed by atoms with Crippen LogP contribution in [0.15, 0.2) is 0 Å². The molecule has 0 aromatic rings. The second-order valence-electron chi connectivity index (χ2n) is 2.53. The largest absolute Gasteiger partial charge is 0.396 e. The van der Waals surface area contributed by atoms with E-state index >= 15 is 0 Å². The molecular weight excluding hydrogens is 166 g/mol. The Morgan fingerprint density at radius 2 is 2.00 bits per heavy atom. The fourth-order valence-electron chi connectivity index (χ4n) is 0.668. The summed E-state index contributed by atoms with van der Waals surface area (Å²) in [5, 5.41) is 35.2. The molecule has 0 spiro atoms. The summed E-state index contributed by atoms with van der Waals surface area (Å²) in [6.45, 7) is -0.368. The van der Waals surface area contributed by atoms with E-state index < -0.39 is 17.9 Å². The minimum Gasteiger partial charge on any atom is -0.396 e. The lowest BCUT2D eigenvalue weighted by atomic mass is 10.0. The van der Waals surface area contributed by atoms with Crippen molar-refractivity contribution in [1.82, 2.24) is 0 Å². The fourth-order valence-corrected chi connectivity index (χ4v) is 0.668. The van der Waals surface area contributed by atoms with Crippen molar-refractivity contribution in [3.63, 3.8) is 0 Å². The number of aliphatic hydroxyl groups is 4. The Morgan fingerprint density at radius 1 is 1.50 bits per heavy atom. The van der Waals surface area contributed by atoms with Crippen LogP contribution in [0.2, 0.25) is 0 Å². The lowest BCUT2D eigenvalue weighted by Crippen LogP contribution is -2.57. The Balaban J connectivity index is 4.16. The number of carbonyl (C=O) groups excluding carboxylic acids is 1. The van der Waals surface area contributed by atoms with E-state index in [2.05, 4.69) is 0 Å². The van der Waals surface area contributed by atoms with Gasteiger partial charge in [0.15, 0.2) is 12.0 Å². The van der Waals surface area contributed by atoms with Gasteiger partial charge in [-0.25, -0.2) is 0 Å². The SMILES string of the molecule is N[C@](O)(C=O)[C@@H](O)[C@H](O)CCO. The van der Waals surface area contributed by atoms with Gasteiger partial charge in [0.25, 0.3) is 0 Å². The maximum atomic E-state index is 10.1. The Bertz CT molecular complexity index is 149. The van der Waals surface area contributed by atoms with Gasteiger partial charge in [-0.1, -0.05) is 0 Å². The van der Waals surface area contributed by atoms with E-state index in [1.807, 2.05) is 0 Å². The number of rotatable bonds is 5. The molecule has 0 saturated heterocycles. The molecule has 72 valence electrons. The van der Waals surface area contributed by atoms with E-state index in [9.17, 15) is 4.79 Å². The van der Waals surface area contributed by atoms with Crippen molar-refractivity contribution < 1.29 is 25.2 Å². The van der Waals surface area contributed by atoms with Crippen molar-refractivity contribution in [1.29, 1.82) is 0 Å². The summed E-state index contributed by atoms with van der Waals surface area (Å²) in [6, 6.07) is 0. The van der Waals surface area contributed by atoms with Gasteiger partial charge < -0.3 is 20.4 Å². The van der Waals surface area contributed by atoms with Crippen LogP contribution in [-0.4, -0.2) is 51.3 Å². The topological polar surface area (TPSA) is 124 Å². The molecule has 0 aliphatic heterocycles. The fraction of sp³-hybridized carbons (Fsp3) is 0.833. The molecule has 12 heavy (non-hydrogen) atoms. The smallest absolute Gasteiger partial charge is 0.199 e. The lowest BCUT2D eigenvalue weighted by Gasteiger charge is -2.26. The average molecular weight is 179 g/mol. The molecule has 0 aliphatic rings. The van der Waals surface area contributed by atoms with Crippen molar-refractivity contribution in [3.05, 3.63) is 0 Å². The molecule has 0 heterocycles. The van der Waals surface area contributed by atoms with Gasteiger partial charge in [-0.3, -0.25) is 10.5 Å². The van der Waals surface area contributed by atoms with Gasteiger partial charge in [0.05, 0.1) is 6.10 Å². The van der Waals surface area contributed by atoms with Gasteiger partial charge >= 0.3 is 0 Å². The van der Waals surface area contributed by atoms with E-state index in [0.29, 0.717) is 0 Å². The number of carbonyl (C=O) groups is 1. The zero-order valence-electron chi connectivity index (χ0n) is 6.42. The predicted molar refractivity (Wildman–Crippen MR) is 38.9 cm³/mol. The standard InChI is InChI=1S/C6H13NO5/c7-6(12,3-9)5(11)4(10)1-2-8/h3-5,8,10-12H,1-2,7H2/t4-,5+,6+/m1/s1. The number of hydrogen-bond acceptors (Lipinski definition) is 6. The zero-order valence-corrected chi connectivity index (χ0v) is 6.42. The van der Waals surface area contributed by atoms with Gasteiger partial charge in [-0.05, 0) is 6.42 Å². The molecule has 0 saturated carbocycles. The first kappa shape index (κ1) is 11.5.